The van der Waals surface area contributed by atoms with E-state index in [1.807, 2.05) is 27.7 Å². The lowest BCUT2D eigenvalue weighted by Crippen LogP contribution is -2.49. The number of nitrogens with one attached hydrogen (secondary N) is 2. The summed E-state index contributed by atoms with van der Waals surface area (Å²) in [5.41, 5.74) is -0.162. The van der Waals surface area contributed by atoms with E-state index >= 15 is 0 Å². The molecule has 1 aliphatic rings. The van der Waals surface area contributed by atoms with E-state index in [4.69, 9.17) is 4.74 Å². The van der Waals surface area contributed by atoms with Gasteiger partial charge < -0.3 is 15.4 Å². The Balaban J connectivity index is 2.08. The fourth-order valence-electron chi connectivity index (χ4n) is 2.09. The summed E-state index contributed by atoms with van der Waals surface area (Å²) in [5.74, 6) is 0.0691. The van der Waals surface area contributed by atoms with Crippen molar-refractivity contribution >= 4 is 5.91 Å². The number of hydrogen-bond acceptors (Lipinski definition) is 3. The Morgan fingerprint density at radius 2 is 2.17 bits per heavy atom. The Morgan fingerprint density at radius 1 is 1.44 bits per heavy atom. The lowest BCUT2D eigenvalue weighted by molar-refractivity contribution is -0.124. The molecule has 0 aliphatic carbocycles. The molecule has 0 aromatic heterocycles. The van der Waals surface area contributed by atoms with Gasteiger partial charge in [-0.05, 0) is 59.9 Å². The van der Waals surface area contributed by atoms with Crippen molar-refractivity contribution in [1.29, 1.82) is 0 Å². The minimum atomic E-state index is -0.162. The maximum atomic E-state index is 11.8. The first kappa shape index (κ1) is 15.4. The summed E-state index contributed by atoms with van der Waals surface area (Å²) in [7, 11) is 0. The Morgan fingerprint density at radius 3 is 2.72 bits per heavy atom. The number of hydrogen-bond donors (Lipinski definition) is 2. The third-order valence-electron chi connectivity index (χ3n) is 3.07. The highest BCUT2D eigenvalue weighted by Crippen LogP contribution is 2.16. The number of amides is 1. The molecule has 18 heavy (non-hydrogen) atoms. The van der Waals surface area contributed by atoms with Gasteiger partial charge in [0, 0.05) is 12.1 Å². The van der Waals surface area contributed by atoms with E-state index in [0.29, 0.717) is 6.10 Å². The molecule has 1 amide bonds. The number of carbonyl (C=O) groups is 1. The van der Waals surface area contributed by atoms with E-state index < -0.39 is 0 Å². The van der Waals surface area contributed by atoms with Crippen LogP contribution in [-0.4, -0.2) is 36.7 Å². The van der Waals surface area contributed by atoms with E-state index in [1.165, 1.54) is 12.8 Å². The molecule has 2 N–H and O–H groups in total. The van der Waals surface area contributed by atoms with Gasteiger partial charge in [0.15, 0.2) is 0 Å². The molecular formula is C14H28N2O2. The lowest BCUT2D eigenvalue weighted by Gasteiger charge is -2.23. The van der Waals surface area contributed by atoms with Crippen LogP contribution in [0.4, 0.5) is 0 Å². The van der Waals surface area contributed by atoms with E-state index in [9.17, 15) is 4.79 Å². The van der Waals surface area contributed by atoms with Crippen molar-refractivity contribution in [3.63, 3.8) is 0 Å². The van der Waals surface area contributed by atoms with Crippen molar-refractivity contribution in [3.8, 4) is 0 Å². The van der Waals surface area contributed by atoms with Gasteiger partial charge in [0.2, 0.25) is 5.91 Å². The van der Waals surface area contributed by atoms with E-state index in [1.54, 1.807) is 0 Å². The second-order valence-corrected chi connectivity index (χ2v) is 6.19. The maximum Gasteiger partial charge on any atom is 0.237 e. The summed E-state index contributed by atoms with van der Waals surface area (Å²) in [4.78, 5) is 11.8. The quantitative estimate of drug-likeness (QED) is 0.713. The Kier molecular flexibility index (Phi) is 6.09. The average Bonchev–Trinajstić information content (AvgIpc) is 2.74. The van der Waals surface area contributed by atoms with Crippen molar-refractivity contribution in [2.75, 3.05) is 13.2 Å². The van der Waals surface area contributed by atoms with Crippen molar-refractivity contribution in [2.45, 2.75) is 71.1 Å². The topological polar surface area (TPSA) is 50.4 Å². The van der Waals surface area contributed by atoms with Crippen LogP contribution in [0.15, 0.2) is 0 Å². The number of ether oxygens (including phenoxy) is 1. The maximum absolute atomic E-state index is 11.8. The average molecular weight is 256 g/mol. The van der Waals surface area contributed by atoms with Gasteiger partial charge in [0.25, 0.3) is 0 Å². The molecule has 4 heteroatoms. The van der Waals surface area contributed by atoms with Crippen molar-refractivity contribution in [2.24, 2.45) is 0 Å². The van der Waals surface area contributed by atoms with Crippen LogP contribution in [0.25, 0.3) is 0 Å². The largest absolute Gasteiger partial charge is 0.378 e. The molecule has 0 aromatic rings. The fourth-order valence-corrected chi connectivity index (χ4v) is 2.09. The summed E-state index contributed by atoms with van der Waals surface area (Å²) < 4.78 is 5.57. The first-order valence-corrected chi connectivity index (χ1v) is 7.05. The standard InChI is InChI=1S/C14H28N2O2/c1-11(13(17)16-14(2,3)4)15-9-5-7-12-8-6-10-18-12/h11-12,15H,5-10H2,1-4H3,(H,16,17). The predicted molar refractivity (Wildman–Crippen MR) is 73.6 cm³/mol. The van der Waals surface area contributed by atoms with Gasteiger partial charge in [-0.2, -0.15) is 0 Å². The van der Waals surface area contributed by atoms with Gasteiger partial charge in [-0.25, -0.2) is 0 Å². The zero-order chi connectivity index (χ0) is 13.6. The van der Waals surface area contributed by atoms with Gasteiger partial charge in [-0.3, -0.25) is 4.79 Å². The van der Waals surface area contributed by atoms with E-state index in [-0.39, 0.29) is 17.5 Å². The van der Waals surface area contributed by atoms with Crippen LogP contribution in [0.3, 0.4) is 0 Å². The molecule has 0 aromatic carbocycles. The van der Waals surface area contributed by atoms with Crippen LogP contribution in [0.5, 0.6) is 0 Å². The number of carbonyl (C=O) groups excluding carboxylic acids is 1. The second kappa shape index (κ2) is 7.10. The van der Waals surface area contributed by atoms with Crippen LogP contribution in [0.2, 0.25) is 0 Å². The molecule has 0 saturated carbocycles. The highest BCUT2D eigenvalue weighted by Gasteiger charge is 2.19. The minimum absolute atomic E-state index is 0.0691. The zero-order valence-corrected chi connectivity index (χ0v) is 12.2. The van der Waals surface area contributed by atoms with Gasteiger partial charge >= 0.3 is 0 Å². The van der Waals surface area contributed by atoms with Crippen LogP contribution in [0.1, 0.15) is 53.4 Å². The summed E-state index contributed by atoms with van der Waals surface area (Å²) in [6, 6.07) is -0.131. The molecule has 4 nitrogen and oxygen atoms in total. The molecule has 0 bridgehead atoms. The Hall–Kier alpha value is -0.610. The van der Waals surface area contributed by atoms with Gasteiger partial charge in [-0.15, -0.1) is 0 Å². The lowest BCUT2D eigenvalue weighted by atomic mass is 10.1. The minimum Gasteiger partial charge on any atom is -0.378 e. The van der Waals surface area contributed by atoms with Crippen molar-refractivity contribution in [1.82, 2.24) is 10.6 Å². The molecule has 2 atom stereocenters. The second-order valence-electron chi connectivity index (χ2n) is 6.19. The zero-order valence-electron chi connectivity index (χ0n) is 12.2. The van der Waals surface area contributed by atoms with Gasteiger partial charge in [0.1, 0.15) is 0 Å². The normalized spacial score (nSPS) is 21.9. The van der Waals surface area contributed by atoms with E-state index in [2.05, 4.69) is 10.6 Å². The highest BCUT2D eigenvalue weighted by atomic mass is 16.5. The Bertz CT molecular complexity index is 255. The van der Waals surface area contributed by atoms with Crippen molar-refractivity contribution in [3.05, 3.63) is 0 Å². The smallest absolute Gasteiger partial charge is 0.237 e. The molecule has 1 fully saturated rings. The molecule has 106 valence electrons. The summed E-state index contributed by atoms with van der Waals surface area (Å²) in [6.45, 7) is 9.69. The Labute approximate surface area is 111 Å². The third-order valence-corrected chi connectivity index (χ3v) is 3.07. The van der Waals surface area contributed by atoms with Crippen LogP contribution < -0.4 is 10.6 Å². The van der Waals surface area contributed by atoms with Gasteiger partial charge in [-0.1, -0.05) is 0 Å². The summed E-state index contributed by atoms with van der Waals surface area (Å²) >= 11 is 0. The first-order valence-electron chi connectivity index (χ1n) is 7.05. The molecule has 0 spiro atoms. The summed E-state index contributed by atoms with van der Waals surface area (Å²) in [6.07, 6.45) is 5.01. The third kappa shape index (κ3) is 6.36. The predicted octanol–water partition coefficient (Wildman–Crippen LogP) is 1.84. The first-order chi connectivity index (χ1) is 8.38. The molecular weight excluding hydrogens is 228 g/mol. The molecule has 1 heterocycles. The van der Waals surface area contributed by atoms with Crippen LogP contribution >= 0.6 is 0 Å². The monoisotopic (exact) mass is 256 g/mol. The molecule has 2 unspecified atom stereocenters. The molecule has 1 aliphatic heterocycles. The van der Waals surface area contributed by atoms with Crippen LogP contribution in [0, 0.1) is 0 Å². The fraction of sp³-hybridized carbons (Fsp3) is 0.929. The number of rotatable bonds is 6. The van der Waals surface area contributed by atoms with Crippen LogP contribution in [-0.2, 0) is 9.53 Å². The van der Waals surface area contributed by atoms with Gasteiger partial charge in [0.05, 0.1) is 12.1 Å². The van der Waals surface area contributed by atoms with Crippen molar-refractivity contribution < 1.29 is 9.53 Å². The summed E-state index contributed by atoms with van der Waals surface area (Å²) in [5, 5.41) is 6.24. The molecule has 1 saturated heterocycles. The molecule has 0 radical (unpaired) electrons. The SMILES string of the molecule is CC(NCCCC1CCCO1)C(=O)NC(C)(C)C. The molecule has 1 rings (SSSR count). The highest BCUT2D eigenvalue weighted by molar-refractivity contribution is 5.81. The van der Waals surface area contributed by atoms with E-state index in [0.717, 1.165) is 26.0 Å².